The lowest BCUT2D eigenvalue weighted by Crippen LogP contribution is -2.60. The second-order valence-corrected chi connectivity index (χ2v) is 5.80. The van der Waals surface area contributed by atoms with E-state index < -0.39 is 11.5 Å². The Labute approximate surface area is 110 Å². The predicted molar refractivity (Wildman–Crippen MR) is 71.7 cm³/mol. The van der Waals surface area contributed by atoms with Gasteiger partial charge >= 0.3 is 5.97 Å². The lowest BCUT2D eigenvalue weighted by molar-refractivity contribution is -0.147. The minimum Gasteiger partial charge on any atom is -0.480 e. The van der Waals surface area contributed by atoms with Crippen LogP contribution in [0.25, 0.3) is 0 Å². The molecule has 0 aromatic heterocycles. The van der Waals surface area contributed by atoms with E-state index in [9.17, 15) is 9.90 Å². The summed E-state index contributed by atoms with van der Waals surface area (Å²) in [6.45, 7) is 3.76. The van der Waals surface area contributed by atoms with Gasteiger partial charge < -0.3 is 10.4 Å². The Morgan fingerprint density at radius 2 is 1.94 bits per heavy atom. The number of carboxylic acids is 1. The minimum absolute atomic E-state index is 0.315. The number of carboxylic acid groups (broad SMARTS) is 1. The molecule has 2 rings (SSSR count). The summed E-state index contributed by atoms with van der Waals surface area (Å²) in [6, 6.07) is 0.598. The van der Waals surface area contributed by atoms with Gasteiger partial charge in [-0.05, 0) is 45.2 Å². The molecule has 2 saturated carbocycles. The number of nitrogens with zero attached hydrogens (tertiary/aromatic N) is 1. The van der Waals surface area contributed by atoms with Crippen molar-refractivity contribution >= 4 is 5.97 Å². The van der Waals surface area contributed by atoms with Gasteiger partial charge in [0, 0.05) is 12.6 Å². The van der Waals surface area contributed by atoms with Gasteiger partial charge in [0.25, 0.3) is 0 Å². The van der Waals surface area contributed by atoms with Gasteiger partial charge in [0.1, 0.15) is 5.54 Å². The Hall–Kier alpha value is -0.610. The standard InChI is InChI=1S/C14H26N2O2/c1-3-16(12-6-4-5-7-12)10-14(15-2,13(17)18)11-8-9-11/h11-12,15H,3-10H2,1-2H3,(H,17,18). The highest BCUT2D eigenvalue weighted by atomic mass is 16.4. The molecule has 0 aromatic carbocycles. The third-order valence-corrected chi connectivity index (χ3v) is 4.80. The van der Waals surface area contributed by atoms with E-state index >= 15 is 0 Å². The van der Waals surface area contributed by atoms with Gasteiger partial charge in [0.15, 0.2) is 0 Å². The lowest BCUT2D eigenvalue weighted by atomic mass is 9.91. The van der Waals surface area contributed by atoms with Crippen LogP contribution in [0.3, 0.4) is 0 Å². The monoisotopic (exact) mass is 254 g/mol. The normalized spacial score (nSPS) is 24.4. The summed E-state index contributed by atoms with van der Waals surface area (Å²) in [5, 5.41) is 12.8. The first kappa shape index (κ1) is 13.8. The summed E-state index contributed by atoms with van der Waals surface area (Å²) >= 11 is 0. The van der Waals surface area contributed by atoms with Crippen LogP contribution in [0.1, 0.15) is 45.4 Å². The van der Waals surface area contributed by atoms with E-state index in [0.29, 0.717) is 18.5 Å². The van der Waals surface area contributed by atoms with Crippen molar-refractivity contribution in [2.75, 3.05) is 20.1 Å². The van der Waals surface area contributed by atoms with Gasteiger partial charge in [0.2, 0.25) is 0 Å². The van der Waals surface area contributed by atoms with Crippen molar-refractivity contribution in [1.29, 1.82) is 0 Å². The molecule has 0 saturated heterocycles. The van der Waals surface area contributed by atoms with Gasteiger partial charge in [-0.3, -0.25) is 9.69 Å². The molecular formula is C14H26N2O2. The second kappa shape index (κ2) is 5.57. The van der Waals surface area contributed by atoms with Gasteiger partial charge in [-0.25, -0.2) is 0 Å². The zero-order chi connectivity index (χ0) is 13.2. The molecule has 1 unspecified atom stereocenters. The molecule has 2 fully saturated rings. The van der Waals surface area contributed by atoms with Crippen molar-refractivity contribution in [2.24, 2.45) is 5.92 Å². The summed E-state index contributed by atoms with van der Waals surface area (Å²) in [5.74, 6) is -0.362. The van der Waals surface area contributed by atoms with E-state index in [1.54, 1.807) is 7.05 Å². The average molecular weight is 254 g/mol. The van der Waals surface area contributed by atoms with Crippen LogP contribution in [0.5, 0.6) is 0 Å². The number of likely N-dealkylation sites (N-methyl/N-ethyl adjacent to an activating group) is 2. The molecule has 2 aliphatic carbocycles. The first-order valence-electron chi connectivity index (χ1n) is 7.30. The maximum atomic E-state index is 11.7. The molecule has 0 heterocycles. The third-order valence-electron chi connectivity index (χ3n) is 4.80. The molecule has 2 aliphatic rings. The molecule has 0 bridgehead atoms. The van der Waals surface area contributed by atoms with Gasteiger partial charge in [-0.15, -0.1) is 0 Å². The fourth-order valence-electron chi connectivity index (χ4n) is 3.43. The smallest absolute Gasteiger partial charge is 0.325 e. The molecule has 4 nitrogen and oxygen atoms in total. The van der Waals surface area contributed by atoms with E-state index in [1.807, 2.05) is 0 Å². The zero-order valence-electron chi connectivity index (χ0n) is 11.6. The highest BCUT2D eigenvalue weighted by Crippen LogP contribution is 2.41. The molecule has 104 valence electrons. The highest BCUT2D eigenvalue weighted by Gasteiger charge is 2.51. The van der Waals surface area contributed by atoms with Crippen molar-refractivity contribution in [2.45, 2.75) is 57.0 Å². The molecular weight excluding hydrogens is 228 g/mol. The number of rotatable bonds is 7. The van der Waals surface area contributed by atoms with E-state index in [0.717, 1.165) is 19.4 Å². The Balaban J connectivity index is 2.08. The SMILES string of the molecule is CCN(CC(NC)(C(=O)O)C1CC1)C1CCCC1. The predicted octanol–water partition coefficient (Wildman–Crippen LogP) is 1.70. The maximum Gasteiger partial charge on any atom is 0.325 e. The first-order chi connectivity index (χ1) is 8.64. The van der Waals surface area contributed by atoms with Crippen LogP contribution in [-0.4, -0.2) is 47.7 Å². The Morgan fingerprint density at radius 1 is 1.33 bits per heavy atom. The van der Waals surface area contributed by atoms with Crippen LogP contribution < -0.4 is 5.32 Å². The van der Waals surface area contributed by atoms with E-state index in [4.69, 9.17) is 0 Å². The van der Waals surface area contributed by atoms with E-state index in [2.05, 4.69) is 17.1 Å². The van der Waals surface area contributed by atoms with Crippen molar-refractivity contribution in [3.8, 4) is 0 Å². The quantitative estimate of drug-likeness (QED) is 0.726. The van der Waals surface area contributed by atoms with Crippen LogP contribution in [0, 0.1) is 5.92 Å². The fraction of sp³-hybridized carbons (Fsp3) is 0.929. The highest BCUT2D eigenvalue weighted by molar-refractivity contribution is 5.80. The van der Waals surface area contributed by atoms with Crippen LogP contribution in [-0.2, 0) is 4.79 Å². The topological polar surface area (TPSA) is 52.6 Å². The number of hydrogen-bond acceptors (Lipinski definition) is 3. The Kier molecular flexibility index (Phi) is 4.28. The zero-order valence-corrected chi connectivity index (χ0v) is 11.6. The van der Waals surface area contributed by atoms with Gasteiger partial charge in [-0.2, -0.15) is 0 Å². The van der Waals surface area contributed by atoms with Crippen LogP contribution in [0.2, 0.25) is 0 Å². The van der Waals surface area contributed by atoms with Crippen molar-refractivity contribution in [3.05, 3.63) is 0 Å². The summed E-state index contributed by atoms with van der Waals surface area (Å²) < 4.78 is 0. The minimum atomic E-state index is -0.724. The molecule has 0 spiro atoms. The lowest BCUT2D eigenvalue weighted by Gasteiger charge is -2.37. The number of nitrogens with one attached hydrogen (secondary N) is 1. The average Bonchev–Trinajstić information content (AvgIpc) is 3.07. The maximum absolute atomic E-state index is 11.7. The van der Waals surface area contributed by atoms with Gasteiger partial charge in [0.05, 0.1) is 0 Å². The number of hydrogen-bond donors (Lipinski definition) is 2. The number of aliphatic carboxylic acids is 1. The molecule has 18 heavy (non-hydrogen) atoms. The summed E-state index contributed by atoms with van der Waals surface area (Å²) in [6.07, 6.45) is 7.16. The van der Waals surface area contributed by atoms with E-state index in [1.165, 1.54) is 25.7 Å². The van der Waals surface area contributed by atoms with Crippen molar-refractivity contribution in [1.82, 2.24) is 10.2 Å². The Morgan fingerprint density at radius 3 is 2.33 bits per heavy atom. The molecule has 0 amide bonds. The van der Waals surface area contributed by atoms with Crippen molar-refractivity contribution in [3.63, 3.8) is 0 Å². The molecule has 2 N–H and O–H groups in total. The van der Waals surface area contributed by atoms with Crippen LogP contribution in [0.15, 0.2) is 0 Å². The molecule has 4 heteroatoms. The first-order valence-corrected chi connectivity index (χ1v) is 7.30. The molecule has 0 radical (unpaired) electrons. The second-order valence-electron chi connectivity index (χ2n) is 5.80. The summed E-state index contributed by atoms with van der Waals surface area (Å²) in [4.78, 5) is 14.1. The fourth-order valence-corrected chi connectivity index (χ4v) is 3.43. The molecule has 1 atom stereocenters. The number of carbonyl (C=O) groups is 1. The summed E-state index contributed by atoms with van der Waals surface area (Å²) in [5.41, 5.74) is -0.724. The molecule has 0 aliphatic heterocycles. The van der Waals surface area contributed by atoms with Crippen LogP contribution >= 0.6 is 0 Å². The van der Waals surface area contributed by atoms with E-state index in [-0.39, 0.29) is 0 Å². The molecule has 0 aromatic rings. The largest absolute Gasteiger partial charge is 0.480 e. The summed E-state index contributed by atoms with van der Waals surface area (Å²) in [7, 11) is 1.80. The third kappa shape index (κ3) is 2.54. The Bertz CT molecular complexity index is 298. The van der Waals surface area contributed by atoms with Crippen LogP contribution in [0.4, 0.5) is 0 Å². The van der Waals surface area contributed by atoms with Gasteiger partial charge in [-0.1, -0.05) is 19.8 Å². The van der Waals surface area contributed by atoms with Crippen molar-refractivity contribution < 1.29 is 9.90 Å².